The second-order valence-electron chi connectivity index (χ2n) is 5.52. The Kier molecular flexibility index (Phi) is 6.28. The lowest BCUT2D eigenvalue weighted by molar-refractivity contribution is 0.248. The van der Waals surface area contributed by atoms with E-state index in [1.807, 2.05) is 18.4 Å². The van der Waals surface area contributed by atoms with Gasteiger partial charge >= 0.3 is 6.03 Å². The third-order valence-electron chi connectivity index (χ3n) is 3.15. The highest BCUT2D eigenvalue weighted by molar-refractivity contribution is 5.89. The molecule has 0 bridgehead atoms. The average molecular weight is 279 g/mol. The van der Waals surface area contributed by atoms with Gasteiger partial charge in [0, 0.05) is 31.0 Å². The lowest BCUT2D eigenvalue weighted by atomic mass is 10.0. The van der Waals surface area contributed by atoms with E-state index >= 15 is 0 Å². The summed E-state index contributed by atoms with van der Waals surface area (Å²) in [5, 5.41) is 5.47. The highest BCUT2D eigenvalue weighted by atomic mass is 16.2. The van der Waals surface area contributed by atoms with Crippen LogP contribution in [0.3, 0.4) is 0 Å². The number of anilines is 1. The van der Waals surface area contributed by atoms with Crippen LogP contribution in [0.4, 0.5) is 10.5 Å². The van der Waals surface area contributed by atoms with Gasteiger partial charge in [-0.1, -0.05) is 13.8 Å². The van der Waals surface area contributed by atoms with E-state index in [2.05, 4.69) is 24.5 Å². The smallest absolute Gasteiger partial charge is 0.319 e. The van der Waals surface area contributed by atoms with Crippen LogP contribution in [0.25, 0.3) is 0 Å². The molecule has 0 saturated heterocycles. The Labute approximate surface area is 120 Å². The molecule has 112 valence electrons. The van der Waals surface area contributed by atoms with E-state index in [1.54, 1.807) is 12.4 Å². The predicted octanol–water partition coefficient (Wildman–Crippen LogP) is 2.81. The van der Waals surface area contributed by atoms with Gasteiger partial charge in [-0.15, -0.1) is 0 Å². The second-order valence-corrected chi connectivity index (χ2v) is 5.52. The van der Waals surface area contributed by atoms with E-state index in [4.69, 9.17) is 0 Å². The molecule has 0 spiro atoms. The number of nitrogens with zero attached hydrogens (tertiary/aromatic N) is 1. The summed E-state index contributed by atoms with van der Waals surface area (Å²) in [6.45, 7) is 9.01. The van der Waals surface area contributed by atoms with E-state index in [0.29, 0.717) is 11.6 Å². The summed E-state index contributed by atoms with van der Waals surface area (Å²) in [6, 6.07) is 1.23. The topological polar surface area (TPSA) is 63.1 Å². The number of carbonyl (C=O) groups is 1. The van der Waals surface area contributed by atoms with E-state index < -0.39 is 0 Å². The molecule has 1 unspecified atom stereocenters. The van der Waals surface area contributed by atoms with Crippen LogP contribution in [-0.4, -0.2) is 16.6 Å². The fourth-order valence-electron chi connectivity index (χ4n) is 1.85. The minimum absolute atomic E-state index is 0.0921. The van der Waals surface area contributed by atoms with Crippen LogP contribution in [0.15, 0.2) is 23.3 Å². The van der Waals surface area contributed by atoms with Crippen molar-refractivity contribution >= 4 is 11.7 Å². The summed E-state index contributed by atoms with van der Waals surface area (Å²) in [7, 11) is 0. The van der Waals surface area contributed by atoms with Crippen molar-refractivity contribution in [2.24, 2.45) is 5.92 Å². The Morgan fingerprint density at radius 2 is 2.00 bits per heavy atom. The van der Waals surface area contributed by atoms with Gasteiger partial charge in [0.15, 0.2) is 0 Å². The van der Waals surface area contributed by atoms with Gasteiger partial charge in [0.25, 0.3) is 0 Å². The number of hydrogen-bond donors (Lipinski definition) is 2. The SMILES string of the molecule is CCn1ccc(=O)c(NC(=O)NC(C)CCC(C)C)c1. The maximum Gasteiger partial charge on any atom is 0.319 e. The van der Waals surface area contributed by atoms with Gasteiger partial charge in [-0.3, -0.25) is 4.79 Å². The first-order valence-corrected chi connectivity index (χ1v) is 7.20. The molecule has 2 amide bonds. The number of rotatable bonds is 6. The monoisotopic (exact) mass is 279 g/mol. The fourth-order valence-corrected chi connectivity index (χ4v) is 1.85. The lowest BCUT2D eigenvalue weighted by Gasteiger charge is -2.15. The quantitative estimate of drug-likeness (QED) is 0.841. The van der Waals surface area contributed by atoms with E-state index in [0.717, 1.165) is 19.4 Å². The van der Waals surface area contributed by atoms with Crippen molar-refractivity contribution in [1.29, 1.82) is 0 Å². The van der Waals surface area contributed by atoms with E-state index in [-0.39, 0.29) is 17.5 Å². The molecule has 1 aromatic rings. The molecule has 0 radical (unpaired) electrons. The fraction of sp³-hybridized carbons (Fsp3) is 0.600. The molecule has 0 aliphatic carbocycles. The Hall–Kier alpha value is -1.78. The van der Waals surface area contributed by atoms with Gasteiger partial charge in [-0.2, -0.15) is 0 Å². The van der Waals surface area contributed by atoms with Crippen LogP contribution in [0, 0.1) is 5.92 Å². The van der Waals surface area contributed by atoms with Gasteiger partial charge in [0.05, 0.1) is 0 Å². The largest absolute Gasteiger partial charge is 0.352 e. The zero-order valence-electron chi connectivity index (χ0n) is 12.8. The lowest BCUT2D eigenvalue weighted by Crippen LogP contribution is -2.37. The average Bonchev–Trinajstić information content (AvgIpc) is 2.39. The van der Waals surface area contributed by atoms with Crippen LogP contribution in [0.5, 0.6) is 0 Å². The summed E-state index contributed by atoms with van der Waals surface area (Å²) in [6.07, 6.45) is 5.35. The molecule has 2 N–H and O–H groups in total. The van der Waals surface area contributed by atoms with Gasteiger partial charge in [-0.05, 0) is 32.6 Å². The summed E-state index contributed by atoms with van der Waals surface area (Å²) in [4.78, 5) is 23.5. The van der Waals surface area contributed by atoms with Crippen molar-refractivity contribution in [3.8, 4) is 0 Å². The highest BCUT2D eigenvalue weighted by Gasteiger charge is 2.09. The third-order valence-corrected chi connectivity index (χ3v) is 3.15. The van der Waals surface area contributed by atoms with Crippen LogP contribution in [0.1, 0.15) is 40.5 Å². The maximum absolute atomic E-state index is 11.8. The molecule has 5 nitrogen and oxygen atoms in total. The first-order valence-electron chi connectivity index (χ1n) is 7.20. The number of urea groups is 1. The van der Waals surface area contributed by atoms with Gasteiger partial charge in [-0.25, -0.2) is 4.79 Å². The van der Waals surface area contributed by atoms with Crippen molar-refractivity contribution in [1.82, 2.24) is 9.88 Å². The molecule has 1 atom stereocenters. The van der Waals surface area contributed by atoms with Crippen LogP contribution < -0.4 is 16.1 Å². The van der Waals surface area contributed by atoms with Gasteiger partial charge in [0.1, 0.15) is 5.69 Å². The Balaban J connectivity index is 2.56. The summed E-state index contributed by atoms with van der Waals surface area (Å²) < 4.78 is 1.85. The second kappa shape index (κ2) is 7.72. The van der Waals surface area contributed by atoms with E-state index in [9.17, 15) is 9.59 Å². The van der Waals surface area contributed by atoms with Crippen molar-refractivity contribution < 1.29 is 4.79 Å². The van der Waals surface area contributed by atoms with E-state index in [1.165, 1.54) is 6.07 Å². The van der Waals surface area contributed by atoms with Gasteiger partial charge in [0.2, 0.25) is 5.43 Å². The third kappa shape index (κ3) is 5.47. The highest BCUT2D eigenvalue weighted by Crippen LogP contribution is 2.06. The molecule has 0 saturated carbocycles. The van der Waals surface area contributed by atoms with Crippen molar-refractivity contribution in [2.45, 2.75) is 53.1 Å². The standard InChI is InChI=1S/C15H25N3O2/c1-5-18-9-8-14(19)13(10-18)17-15(20)16-12(4)7-6-11(2)3/h8-12H,5-7H2,1-4H3,(H2,16,17,20). The molecule has 5 heteroatoms. The number of aromatic nitrogens is 1. The number of aryl methyl sites for hydroxylation is 1. The summed E-state index contributed by atoms with van der Waals surface area (Å²) >= 11 is 0. The molecule has 0 aromatic carbocycles. The number of carbonyl (C=O) groups excluding carboxylic acids is 1. The first-order chi connectivity index (χ1) is 9.42. The van der Waals surface area contributed by atoms with Crippen molar-refractivity contribution in [3.63, 3.8) is 0 Å². The molecule has 0 fully saturated rings. The summed E-state index contributed by atoms with van der Waals surface area (Å²) in [5.41, 5.74) is 0.127. The van der Waals surface area contributed by atoms with Crippen molar-refractivity contribution in [3.05, 3.63) is 28.7 Å². The molecule has 0 aliphatic rings. The zero-order chi connectivity index (χ0) is 15.1. The Morgan fingerprint density at radius 3 is 2.60 bits per heavy atom. The van der Waals surface area contributed by atoms with Crippen LogP contribution >= 0.6 is 0 Å². The molecular weight excluding hydrogens is 254 g/mol. The molecular formula is C15H25N3O2. The Morgan fingerprint density at radius 1 is 1.30 bits per heavy atom. The predicted molar refractivity (Wildman–Crippen MR) is 82.1 cm³/mol. The summed E-state index contributed by atoms with van der Waals surface area (Å²) in [5.74, 6) is 0.619. The minimum atomic E-state index is -0.327. The molecule has 20 heavy (non-hydrogen) atoms. The minimum Gasteiger partial charge on any atom is -0.352 e. The zero-order valence-corrected chi connectivity index (χ0v) is 12.8. The first kappa shape index (κ1) is 16.3. The van der Waals surface area contributed by atoms with Crippen LogP contribution in [-0.2, 0) is 6.54 Å². The van der Waals surface area contributed by atoms with Crippen molar-refractivity contribution in [2.75, 3.05) is 5.32 Å². The number of pyridine rings is 1. The van der Waals surface area contributed by atoms with Gasteiger partial charge < -0.3 is 15.2 Å². The molecule has 1 rings (SSSR count). The molecule has 1 heterocycles. The van der Waals surface area contributed by atoms with Crippen LogP contribution in [0.2, 0.25) is 0 Å². The normalized spacial score (nSPS) is 12.2. The number of hydrogen-bond acceptors (Lipinski definition) is 2. The Bertz CT molecular complexity index is 494. The molecule has 1 aromatic heterocycles. The number of amides is 2. The molecule has 0 aliphatic heterocycles. The number of nitrogens with one attached hydrogen (secondary N) is 2. The maximum atomic E-state index is 11.8.